The molecule has 0 fully saturated rings. The van der Waals surface area contributed by atoms with Gasteiger partial charge in [-0.2, -0.15) is 4.68 Å². The topological polar surface area (TPSA) is 75.6 Å². The van der Waals surface area contributed by atoms with Crippen molar-refractivity contribution in [3.8, 4) is 0 Å². The maximum absolute atomic E-state index is 12.1. The minimum Gasteiger partial charge on any atom is -0.337 e. The Labute approximate surface area is 112 Å². The van der Waals surface area contributed by atoms with Gasteiger partial charge in [-0.25, -0.2) is 4.68 Å². The molecule has 2 heterocycles. The van der Waals surface area contributed by atoms with Gasteiger partial charge in [0.2, 0.25) is 0 Å². The predicted molar refractivity (Wildman–Crippen MR) is 72.0 cm³/mol. The van der Waals surface area contributed by atoms with Crippen LogP contribution >= 0.6 is 24.4 Å². The van der Waals surface area contributed by atoms with Crippen molar-refractivity contribution in [3.05, 3.63) is 53.8 Å². The van der Waals surface area contributed by atoms with Crippen molar-refractivity contribution >= 4 is 24.4 Å². The summed E-state index contributed by atoms with van der Waals surface area (Å²) in [5, 5.41) is 0. The normalized spacial score (nSPS) is 10.6. The van der Waals surface area contributed by atoms with Gasteiger partial charge < -0.3 is 4.98 Å². The fourth-order valence-corrected chi connectivity index (χ4v) is 1.91. The molecule has 2 N–H and O–H groups in total. The van der Waals surface area contributed by atoms with Crippen LogP contribution in [0.5, 0.6) is 0 Å². The highest BCUT2D eigenvalue weighted by molar-refractivity contribution is 7.71. The van der Waals surface area contributed by atoms with E-state index in [0.717, 1.165) is 0 Å². The van der Waals surface area contributed by atoms with Crippen LogP contribution in [0, 0.1) is 23.4 Å². The van der Waals surface area contributed by atoms with Crippen molar-refractivity contribution in [2.45, 2.75) is 13.8 Å². The molecule has 2 aromatic rings. The molecular formula is C10H10N4O2S2. The second-order valence-corrected chi connectivity index (χ2v) is 4.58. The van der Waals surface area contributed by atoms with Gasteiger partial charge in [0.05, 0.1) is 0 Å². The molecule has 2 aromatic heterocycles. The molecule has 0 aliphatic rings. The van der Waals surface area contributed by atoms with Crippen LogP contribution < -0.4 is 11.1 Å². The first kappa shape index (κ1) is 12.7. The first-order valence-electron chi connectivity index (χ1n) is 5.06. The number of H-pyrrole nitrogens is 2. The number of aromatic nitrogens is 4. The average Bonchev–Trinajstić information content (AvgIpc) is 2.31. The number of aryl methyl sites for hydroxylation is 2. The van der Waals surface area contributed by atoms with E-state index in [9.17, 15) is 9.59 Å². The Bertz CT molecular complexity index is 840. The van der Waals surface area contributed by atoms with Gasteiger partial charge in [-0.3, -0.25) is 14.6 Å². The van der Waals surface area contributed by atoms with E-state index in [-0.39, 0.29) is 20.7 Å². The number of aromatic amines is 2. The summed E-state index contributed by atoms with van der Waals surface area (Å²) in [6.45, 7) is 3.28. The van der Waals surface area contributed by atoms with Crippen LogP contribution in [0.2, 0.25) is 0 Å². The Balaban J connectivity index is 2.95. The summed E-state index contributed by atoms with van der Waals surface area (Å²) in [4.78, 5) is 28.7. The Morgan fingerprint density at radius 2 is 1.78 bits per heavy atom. The monoisotopic (exact) mass is 282 g/mol. The van der Waals surface area contributed by atoms with E-state index >= 15 is 0 Å². The zero-order chi connectivity index (χ0) is 13.4. The Morgan fingerprint density at radius 1 is 1.11 bits per heavy atom. The van der Waals surface area contributed by atoms with Crippen LogP contribution in [0.3, 0.4) is 0 Å². The summed E-state index contributed by atoms with van der Waals surface area (Å²) in [6.07, 6.45) is 3.01. The van der Waals surface area contributed by atoms with Crippen molar-refractivity contribution in [1.29, 1.82) is 0 Å². The van der Waals surface area contributed by atoms with E-state index in [4.69, 9.17) is 24.4 Å². The minimum absolute atomic E-state index is 0.109. The number of rotatable bonds is 1. The fourth-order valence-electron chi connectivity index (χ4n) is 1.45. The Morgan fingerprint density at radius 3 is 2.44 bits per heavy atom. The summed E-state index contributed by atoms with van der Waals surface area (Å²) in [6, 6.07) is 0. The van der Waals surface area contributed by atoms with Crippen molar-refractivity contribution in [1.82, 2.24) is 19.3 Å². The number of hydrogen-bond donors (Lipinski definition) is 2. The van der Waals surface area contributed by atoms with Crippen LogP contribution in [0.1, 0.15) is 11.1 Å². The lowest BCUT2D eigenvalue weighted by Crippen LogP contribution is -2.31. The first-order valence-corrected chi connectivity index (χ1v) is 5.88. The molecule has 0 aliphatic heterocycles. The Hall–Kier alpha value is -1.80. The minimum atomic E-state index is -0.290. The molecule has 18 heavy (non-hydrogen) atoms. The van der Waals surface area contributed by atoms with Gasteiger partial charge in [0, 0.05) is 23.5 Å². The van der Waals surface area contributed by atoms with Crippen LogP contribution in [-0.2, 0) is 0 Å². The molecule has 0 radical (unpaired) electrons. The molecule has 2 rings (SSSR count). The molecule has 0 atom stereocenters. The third kappa shape index (κ3) is 2.00. The first-order chi connectivity index (χ1) is 8.41. The SMILES string of the molecule is Cc1cn(-n2c(=S)[nH]cc(C)c2=O)c(=S)[nH]c1=O. The van der Waals surface area contributed by atoms with E-state index in [0.29, 0.717) is 11.1 Å². The van der Waals surface area contributed by atoms with Gasteiger partial charge in [-0.05, 0) is 38.3 Å². The van der Waals surface area contributed by atoms with Gasteiger partial charge in [0.15, 0.2) is 9.54 Å². The van der Waals surface area contributed by atoms with Crippen LogP contribution in [-0.4, -0.2) is 19.3 Å². The second kappa shape index (κ2) is 4.46. The molecular weight excluding hydrogens is 272 g/mol. The van der Waals surface area contributed by atoms with Gasteiger partial charge in [0.1, 0.15) is 0 Å². The molecule has 0 aliphatic carbocycles. The summed E-state index contributed by atoms with van der Waals surface area (Å²) in [7, 11) is 0. The predicted octanol–water partition coefficient (Wildman–Crippen LogP) is 1.05. The molecule has 0 saturated carbocycles. The summed E-state index contributed by atoms with van der Waals surface area (Å²) in [5.41, 5.74) is 0.355. The molecule has 8 heteroatoms. The molecule has 0 spiro atoms. The molecule has 94 valence electrons. The van der Waals surface area contributed by atoms with E-state index in [2.05, 4.69) is 9.97 Å². The quantitative estimate of drug-likeness (QED) is 0.767. The van der Waals surface area contributed by atoms with Gasteiger partial charge in [-0.15, -0.1) is 0 Å². The maximum atomic E-state index is 12.1. The number of hydrogen-bond acceptors (Lipinski definition) is 4. The van der Waals surface area contributed by atoms with E-state index in [1.54, 1.807) is 13.8 Å². The van der Waals surface area contributed by atoms with Gasteiger partial charge in [-0.1, -0.05) is 0 Å². The Kier molecular flexibility index (Phi) is 3.14. The number of nitrogens with one attached hydrogen (secondary N) is 2. The zero-order valence-electron chi connectivity index (χ0n) is 9.68. The van der Waals surface area contributed by atoms with Crippen molar-refractivity contribution in [2.75, 3.05) is 0 Å². The van der Waals surface area contributed by atoms with E-state index < -0.39 is 0 Å². The van der Waals surface area contributed by atoms with E-state index in [1.165, 1.54) is 21.7 Å². The largest absolute Gasteiger partial charge is 0.337 e. The van der Waals surface area contributed by atoms with Gasteiger partial charge >= 0.3 is 0 Å². The molecule has 6 nitrogen and oxygen atoms in total. The lowest BCUT2D eigenvalue weighted by molar-refractivity contribution is 0.571. The highest BCUT2D eigenvalue weighted by Crippen LogP contribution is 1.95. The van der Waals surface area contributed by atoms with Crippen molar-refractivity contribution in [3.63, 3.8) is 0 Å². The molecule has 0 bridgehead atoms. The van der Waals surface area contributed by atoms with Gasteiger partial charge in [0.25, 0.3) is 11.1 Å². The van der Waals surface area contributed by atoms with Crippen LogP contribution in [0.4, 0.5) is 0 Å². The molecule has 0 saturated heterocycles. The third-order valence-electron chi connectivity index (χ3n) is 2.45. The van der Waals surface area contributed by atoms with E-state index in [1.807, 2.05) is 0 Å². The fraction of sp³-hybridized carbons (Fsp3) is 0.200. The molecule has 0 amide bonds. The highest BCUT2D eigenvalue weighted by Gasteiger charge is 2.06. The summed E-state index contributed by atoms with van der Waals surface area (Å²) in [5.74, 6) is 0. The molecule has 0 unspecified atom stereocenters. The maximum Gasteiger partial charge on any atom is 0.276 e. The number of nitrogens with zero attached hydrogens (tertiary/aromatic N) is 2. The highest BCUT2D eigenvalue weighted by atomic mass is 32.1. The lowest BCUT2D eigenvalue weighted by atomic mass is 10.4. The average molecular weight is 282 g/mol. The standard InChI is InChI=1S/C10H10N4O2S2/c1-5-3-11-9(17)14(8(5)16)13-4-6(2)7(15)12-10(13)18/h3-4H,1-2H3,(H,11,17)(H,12,15,18). The second-order valence-electron chi connectivity index (χ2n) is 3.81. The summed E-state index contributed by atoms with van der Waals surface area (Å²) < 4.78 is 2.86. The van der Waals surface area contributed by atoms with Crippen molar-refractivity contribution < 1.29 is 0 Å². The van der Waals surface area contributed by atoms with Crippen LogP contribution in [0.15, 0.2) is 22.0 Å². The lowest BCUT2D eigenvalue weighted by Gasteiger charge is -2.10. The molecule has 0 aromatic carbocycles. The van der Waals surface area contributed by atoms with Crippen molar-refractivity contribution in [2.24, 2.45) is 0 Å². The third-order valence-corrected chi connectivity index (χ3v) is 3.03. The van der Waals surface area contributed by atoms with Crippen LogP contribution in [0.25, 0.3) is 0 Å². The smallest absolute Gasteiger partial charge is 0.276 e. The summed E-state index contributed by atoms with van der Waals surface area (Å²) >= 11 is 10.1. The zero-order valence-corrected chi connectivity index (χ0v) is 11.3.